The number of ether oxygens (including phenoxy) is 2. The molecule has 0 radical (unpaired) electrons. The van der Waals surface area contributed by atoms with Crippen LogP contribution in [0.2, 0.25) is 0 Å². The van der Waals surface area contributed by atoms with Crippen molar-refractivity contribution in [1.82, 2.24) is 10.2 Å². The molecular formula is C18H22N2O3S. The normalized spacial score (nSPS) is 25.8. The van der Waals surface area contributed by atoms with Crippen LogP contribution in [0.25, 0.3) is 0 Å². The summed E-state index contributed by atoms with van der Waals surface area (Å²) in [5.74, 6) is 3.08. The van der Waals surface area contributed by atoms with Crippen molar-refractivity contribution in [2.24, 2.45) is 5.92 Å². The van der Waals surface area contributed by atoms with E-state index in [0.29, 0.717) is 23.5 Å². The summed E-state index contributed by atoms with van der Waals surface area (Å²) in [4.78, 5) is 0. The molecule has 2 atom stereocenters. The van der Waals surface area contributed by atoms with Gasteiger partial charge < -0.3 is 13.9 Å². The van der Waals surface area contributed by atoms with Gasteiger partial charge in [0.05, 0.1) is 19.1 Å². The fraction of sp³-hybridized carbons (Fsp3) is 0.556. The lowest BCUT2D eigenvalue weighted by Crippen LogP contribution is -2.33. The van der Waals surface area contributed by atoms with Crippen LogP contribution in [0.1, 0.15) is 37.1 Å². The van der Waals surface area contributed by atoms with Crippen LogP contribution in [0.4, 0.5) is 0 Å². The van der Waals surface area contributed by atoms with Gasteiger partial charge in [-0.3, -0.25) is 0 Å². The van der Waals surface area contributed by atoms with Crippen LogP contribution < -0.4 is 4.74 Å². The van der Waals surface area contributed by atoms with Crippen molar-refractivity contribution in [2.75, 3.05) is 19.5 Å². The lowest BCUT2D eigenvalue weighted by Gasteiger charge is -2.27. The number of methoxy groups -OCH3 is 1. The molecule has 1 aromatic heterocycles. The maximum atomic E-state index is 6.09. The molecule has 2 heterocycles. The molecule has 0 bridgehead atoms. The highest BCUT2D eigenvalue weighted by atomic mass is 32.2. The van der Waals surface area contributed by atoms with Crippen molar-refractivity contribution in [3.63, 3.8) is 0 Å². The van der Waals surface area contributed by atoms with Gasteiger partial charge in [-0.1, -0.05) is 36.4 Å². The summed E-state index contributed by atoms with van der Waals surface area (Å²) < 4.78 is 17.3. The summed E-state index contributed by atoms with van der Waals surface area (Å²) in [6.07, 6.45) is 5.51. The SMILES string of the molecule is COc1ccccc1Cc1nnc(SC[C@]23CCC[C@H]2CCO3)o1. The van der Waals surface area contributed by atoms with E-state index in [4.69, 9.17) is 13.9 Å². The number of fused-ring (bicyclic) bond motifs is 1. The van der Waals surface area contributed by atoms with Gasteiger partial charge >= 0.3 is 0 Å². The molecule has 5 nitrogen and oxygen atoms in total. The molecule has 4 rings (SSSR count). The molecule has 0 amide bonds. The molecule has 128 valence electrons. The van der Waals surface area contributed by atoms with Crippen LogP contribution in [-0.4, -0.2) is 35.3 Å². The third-order valence-corrected chi connectivity index (χ3v) is 6.22. The average molecular weight is 346 g/mol. The molecule has 2 aliphatic rings. The number of thioether (sulfide) groups is 1. The van der Waals surface area contributed by atoms with Gasteiger partial charge in [-0.25, -0.2) is 0 Å². The number of hydrogen-bond donors (Lipinski definition) is 0. The van der Waals surface area contributed by atoms with Crippen LogP contribution in [-0.2, 0) is 11.2 Å². The first-order chi connectivity index (χ1) is 11.8. The molecule has 1 aliphatic heterocycles. The Balaban J connectivity index is 1.40. The maximum Gasteiger partial charge on any atom is 0.276 e. The van der Waals surface area contributed by atoms with Gasteiger partial charge in [-0.05, 0) is 31.2 Å². The van der Waals surface area contributed by atoms with Crippen LogP contribution in [0.5, 0.6) is 5.75 Å². The summed E-state index contributed by atoms with van der Waals surface area (Å²) in [5, 5.41) is 9.01. The highest BCUT2D eigenvalue weighted by molar-refractivity contribution is 7.99. The summed E-state index contributed by atoms with van der Waals surface area (Å²) >= 11 is 1.63. The van der Waals surface area contributed by atoms with E-state index in [-0.39, 0.29) is 5.60 Å². The van der Waals surface area contributed by atoms with Crippen molar-refractivity contribution < 1.29 is 13.9 Å². The lowest BCUT2D eigenvalue weighted by molar-refractivity contribution is 0.0126. The molecule has 2 fully saturated rings. The molecular weight excluding hydrogens is 324 g/mol. The van der Waals surface area contributed by atoms with Crippen LogP contribution >= 0.6 is 11.8 Å². The molecule has 24 heavy (non-hydrogen) atoms. The van der Waals surface area contributed by atoms with Crippen molar-refractivity contribution in [2.45, 2.75) is 42.9 Å². The standard InChI is InChI=1S/C18H22N2O3S/c1-21-15-7-3-2-5-13(15)11-16-19-20-17(23-16)24-12-18-9-4-6-14(18)8-10-22-18/h2-3,5,7,14H,4,6,8-12H2,1H3/t14-,18+/m0/s1. The van der Waals surface area contributed by atoms with E-state index in [1.165, 1.54) is 19.3 Å². The van der Waals surface area contributed by atoms with Gasteiger partial charge in [0.1, 0.15) is 5.75 Å². The Morgan fingerprint density at radius 2 is 2.21 bits per heavy atom. The second-order valence-corrected chi connectivity index (χ2v) is 7.46. The smallest absolute Gasteiger partial charge is 0.276 e. The molecule has 1 saturated heterocycles. The van der Waals surface area contributed by atoms with E-state index >= 15 is 0 Å². The molecule has 1 saturated carbocycles. The van der Waals surface area contributed by atoms with Crippen molar-refractivity contribution >= 4 is 11.8 Å². The lowest BCUT2D eigenvalue weighted by atomic mass is 9.93. The van der Waals surface area contributed by atoms with E-state index in [0.717, 1.165) is 30.1 Å². The van der Waals surface area contributed by atoms with E-state index in [2.05, 4.69) is 10.2 Å². The Labute approximate surface area is 146 Å². The van der Waals surface area contributed by atoms with E-state index in [9.17, 15) is 0 Å². The Morgan fingerprint density at radius 1 is 1.29 bits per heavy atom. The predicted octanol–water partition coefficient (Wildman–Crippen LogP) is 3.72. The van der Waals surface area contributed by atoms with Gasteiger partial charge in [0.25, 0.3) is 5.22 Å². The third kappa shape index (κ3) is 3.05. The van der Waals surface area contributed by atoms with Crippen LogP contribution in [0.3, 0.4) is 0 Å². The number of para-hydroxylation sites is 1. The minimum atomic E-state index is 0.0436. The molecule has 1 aliphatic carbocycles. The minimum absolute atomic E-state index is 0.0436. The molecule has 1 aromatic carbocycles. The fourth-order valence-corrected chi connectivity index (χ4v) is 5.00. The molecule has 6 heteroatoms. The Morgan fingerprint density at radius 3 is 3.12 bits per heavy atom. The highest BCUT2D eigenvalue weighted by Crippen LogP contribution is 2.47. The topological polar surface area (TPSA) is 57.4 Å². The van der Waals surface area contributed by atoms with E-state index in [1.807, 2.05) is 24.3 Å². The number of aromatic nitrogens is 2. The van der Waals surface area contributed by atoms with Gasteiger partial charge in [-0.2, -0.15) is 0 Å². The predicted molar refractivity (Wildman–Crippen MR) is 91.5 cm³/mol. The quantitative estimate of drug-likeness (QED) is 0.743. The highest BCUT2D eigenvalue weighted by Gasteiger charge is 2.47. The molecule has 0 N–H and O–H groups in total. The maximum absolute atomic E-state index is 6.09. The molecule has 2 aromatic rings. The van der Waals surface area contributed by atoms with Gasteiger partial charge in [0.2, 0.25) is 5.89 Å². The second kappa shape index (κ2) is 6.76. The van der Waals surface area contributed by atoms with Crippen LogP contribution in [0.15, 0.2) is 33.9 Å². The largest absolute Gasteiger partial charge is 0.496 e. The van der Waals surface area contributed by atoms with Crippen molar-refractivity contribution in [3.8, 4) is 5.75 Å². The molecule has 0 unspecified atom stereocenters. The summed E-state index contributed by atoms with van der Waals surface area (Å²) in [6.45, 7) is 0.897. The zero-order valence-electron chi connectivity index (χ0n) is 13.9. The van der Waals surface area contributed by atoms with Crippen molar-refractivity contribution in [3.05, 3.63) is 35.7 Å². The third-order valence-electron chi connectivity index (χ3n) is 5.17. The average Bonchev–Trinajstić information content (AvgIpc) is 3.28. The summed E-state index contributed by atoms with van der Waals surface area (Å²) in [7, 11) is 1.67. The minimum Gasteiger partial charge on any atom is -0.496 e. The fourth-order valence-electron chi connectivity index (χ4n) is 3.91. The first-order valence-corrected chi connectivity index (χ1v) is 9.49. The second-order valence-electron chi connectivity index (χ2n) is 6.53. The van der Waals surface area contributed by atoms with Crippen LogP contribution in [0, 0.1) is 5.92 Å². The number of rotatable bonds is 6. The zero-order chi connectivity index (χ0) is 16.4. The Hall–Kier alpha value is -1.53. The summed E-state index contributed by atoms with van der Waals surface area (Å²) in [5.41, 5.74) is 1.09. The zero-order valence-corrected chi connectivity index (χ0v) is 14.7. The molecule has 0 spiro atoms. The Bertz CT molecular complexity index is 693. The van der Waals surface area contributed by atoms with Gasteiger partial charge in [0.15, 0.2) is 0 Å². The van der Waals surface area contributed by atoms with Gasteiger partial charge in [0, 0.05) is 17.9 Å². The monoisotopic (exact) mass is 346 g/mol. The first kappa shape index (κ1) is 16.0. The number of benzene rings is 1. The Kier molecular flexibility index (Phi) is 4.50. The first-order valence-electron chi connectivity index (χ1n) is 8.50. The van der Waals surface area contributed by atoms with Crippen molar-refractivity contribution in [1.29, 1.82) is 0 Å². The number of nitrogens with zero attached hydrogens (tertiary/aromatic N) is 2. The van der Waals surface area contributed by atoms with E-state index in [1.54, 1.807) is 18.9 Å². The van der Waals surface area contributed by atoms with Gasteiger partial charge in [-0.15, -0.1) is 10.2 Å². The van der Waals surface area contributed by atoms with E-state index < -0.39 is 0 Å². The number of hydrogen-bond acceptors (Lipinski definition) is 6. The summed E-state index contributed by atoms with van der Waals surface area (Å²) in [6, 6.07) is 7.90.